The van der Waals surface area contributed by atoms with Crippen molar-refractivity contribution in [1.29, 1.82) is 0 Å². The number of carbonyl (C=O) groups excluding carboxylic acids is 1. The molecule has 0 fully saturated rings. The van der Waals surface area contributed by atoms with Gasteiger partial charge in [0.05, 0.1) is 7.11 Å². The normalized spacial score (nSPS) is 12.0. The second-order valence-electron chi connectivity index (χ2n) is 4.14. The van der Waals surface area contributed by atoms with Crippen LogP contribution >= 0.6 is 0 Å². The van der Waals surface area contributed by atoms with E-state index in [0.717, 1.165) is 13.2 Å². The third-order valence-electron chi connectivity index (χ3n) is 2.89. The van der Waals surface area contributed by atoms with Gasteiger partial charge in [-0.1, -0.05) is 24.3 Å². The number of benzene rings is 2. The van der Waals surface area contributed by atoms with Crippen LogP contribution in [-0.4, -0.2) is 18.2 Å². The Morgan fingerprint density at radius 1 is 1.10 bits per heavy atom. The highest BCUT2D eigenvalue weighted by Gasteiger charge is 2.20. The number of hydrogen-bond donors (Lipinski definition) is 1. The average Bonchev–Trinajstić information content (AvgIpc) is 2.47. The van der Waals surface area contributed by atoms with Crippen LogP contribution in [0.15, 0.2) is 42.5 Å². The smallest absolute Gasteiger partial charge is 0.339 e. The van der Waals surface area contributed by atoms with E-state index in [9.17, 15) is 18.7 Å². The molecule has 0 bridgehead atoms. The molecule has 2 aromatic rings. The highest BCUT2D eigenvalue weighted by atomic mass is 19.1. The Bertz CT molecular complexity index is 641. The van der Waals surface area contributed by atoms with Crippen molar-refractivity contribution in [2.75, 3.05) is 7.11 Å². The Morgan fingerprint density at radius 3 is 2.40 bits per heavy atom. The van der Waals surface area contributed by atoms with Gasteiger partial charge in [0.2, 0.25) is 0 Å². The van der Waals surface area contributed by atoms with Crippen molar-refractivity contribution in [1.82, 2.24) is 0 Å². The van der Waals surface area contributed by atoms with Crippen LogP contribution in [-0.2, 0) is 9.53 Å². The first kappa shape index (κ1) is 14.1. The molecule has 2 rings (SSSR count). The summed E-state index contributed by atoms with van der Waals surface area (Å²) in [6, 6.07) is 9.24. The van der Waals surface area contributed by atoms with Crippen molar-refractivity contribution in [2.24, 2.45) is 0 Å². The molecular weight excluding hydrogens is 266 g/mol. The van der Waals surface area contributed by atoms with Gasteiger partial charge in [-0.05, 0) is 23.8 Å². The molecule has 0 amide bonds. The van der Waals surface area contributed by atoms with Crippen molar-refractivity contribution >= 4 is 5.97 Å². The van der Waals surface area contributed by atoms with E-state index < -0.39 is 23.7 Å². The molecule has 0 aliphatic carbocycles. The second kappa shape index (κ2) is 5.79. The first-order valence-corrected chi connectivity index (χ1v) is 5.85. The molecule has 0 spiro atoms. The maximum absolute atomic E-state index is 13.8. The van der Waals surface area contributed by atoms with Crippen LogP contribution < -0.4 is 0 Å². The number of rotatable bonds is 3. The summed E-state index contributed by atoms with van der Waals surface area (Å²) in [5.74, 6) is -2.09. The SMILES string of the molecule is COC(=O)C(O)c1ccc(F)c(-c2ccccc2F)c1. The predicted octanol–water partition coefficient (Wildman–Crippen LogP) is 2.84. The lowest BCUT2D eigenvalue weighted by atomic mass is 9.99. The fourth-order valence-corrected chi connectivity index (χ4v) is 1.85. The Morgan fingerprint density at radius 2 is 1.75 bits per heavy atom. The molecule has 1 atom stereocenters. The molecule has 20 heavy (non-hydrogen) atoms. The lowest BCUT2D eigenvalue weighted by molar-refractivity contribution is -0.150. The van der Waals surface area contributed by atoms with Gasteiger partial charge in [0.15, 0.2) is 6.10 Å². The summed E-state index contributed by atoms with van der Waals surface area (Å²) in [6.07, 6.45) is -1.54. The molecule has 0 aliphatic rings. The topological polar surface area (TPSA) is 46.5 Å². The van der Waals surface area contributed by atoms with Crippen molar-refractivity contribution in [3.8, 4) is 11.1 Å². The minimum Gasteiger partial charge on any atom is -0.467 e. The van der Waals surface area contributed by atoms with Gasteiger partial charge in [0.25, 0.3) is 0 Å². The summed E-state index contributed by atoms with van der Waals surface area (Å²) in [5, 5.41) is 9.73. The fraction of sp³-hybridized carbons (Fsp3) is 0.133. The van der Waals surface area contributed by atoms with Crippen LogP contribution in [0.5, 0.6) is 0 Å². The zero-order chi connectivity index (χ0) is 14.7. The largest absolute Gasteiger partial charge is 0.467 e. The number of aliphatic hydroxyl groups is 1. The predicted molar refractivity (Wildman–Crippen MR) is 68.8 cm³/mol. The number of ether oxygens (including phenoxy) is 1. The Labute approximate surface area is 114 Å². The van der Waals surface area contributed by atoms with Crippen LogP contribution in [0.3, 0.4) is 0 Å². The third kappa shape index (κ3) is 2.67. The minimum atomic E-state index is -1.54. The Balaban J connectivity index is 2.50. The Kier molecular flexibility index (Phi) is 4.10. The lowest BCUT2D eigenvalue weighted by Gasteiger charge is -2.11. The highest BCUT2D eigenvalue weighted by Crippen LogP contribution is 2.28. The third-order valence-corrected chi connectivity index (χ3v) is 2.89. The van der Waals surface area contributed by atoms with Crippen molar-refractivity contribution in [3.05, 3.63) is 59.7 Å². The molecule has 1 unspecified atom stereocenters. The van der Waals surface area contributed by atoms with E-state index in [0.29, 0.717) is 0 Å². The number of hydrogen-bond acceptors (Lipinski definition) is 3. The maximum Gasteiger partial charge on any atom is 0.339 e. The van der Waals surface area contributed by atoms with E-state index in [2.05, 4.69) is 4.74 Å². The summed E-state index contributed by atoms with van der Waals surface area (Å²) >= 11 is 0. The van der Waals surface area contributed by atoms with E-state index in [1.54, 1.807) is 6.07 Å². The summed E-state index contributed by atoms with van der Waals surface area (Å²) < 4.78 is 31.9. The molecule has 0 saturated heterocycles. The molecule has 0 heterocycles. The number of carbonyl (C=O) groups is 1. The van der Waals surface area contributed by atoms with E-state index in [4.69, 9.17) is 0 Å². The number of aliphatic hydroxyl groups excluding tert-OH is 1. The van der Waals surface area contributed by atoms with Gasteiger partial charge < -0.3 is 9.84 Å². The standard InChI is InChI=1S/C15H12F2O3/c1-20-15(19)14(18)9-6-7-13(17)11(8-9)10-4-2-3-5-12(10)16/h2-8,14,18H,1H3. The Hall–Kier alpha value is -2.27. The first-order valence-electron chi connectivity index (χ1n) is 5.85. The van der Waals surface area contributed by atoms with Gasteiger partial charge in [-0.25, -0.2) is 13.6 Å². The van der Waals surface area contributed by atoms with E-state index in [-0.39, 0.29) is 16.7 Å². The molecule has 104 valence electrons. The highest BCUT2D eigenvalue weighted by molar-refractivity contribution is 5.77. The molecule has 0 aliphatic heterocycles. The summed E-state index contributed by atoms with van der Waals surface area (Å²) in [6.45, 7) is 0. The van der Waals surface area contributed by atoms with E-state index >= 15 is 0 Å². The quantitative estimate of drug-likeness (QED) is 0.878. The number of esters is 1. The van der Waals surface area contributed by atoms with Gasteiger partial charge in [-0.3, -0.25) is 0 Å². The summed E-state index contributed by atoms with van der Waals surface area (Å²) in [7, 11) is 1.13. The number of methoxy groups -OCH3 is 1. The van der Waals surface area contributed by atoms with Crippen molar-refractivity contribution < 1.29 is 23.4 Å². The lowest BCUT2D eigenvalue weighted by Crippen LogP contribution is -2.13. The minimum absolute atomic E-state index is 0.0245. The average molecular weight is 278 g/mol. The molecule has 1 N–H and O–H groups in total. The first-order chi connectivity index (χ1) is 9.54. The molecule has 5 heteroatoms. The van der Waals surface area contributed by atoms with Gasteiger partial charge in [-0.2, -0.15) is 0 Å². The summed E-state index contributed by atoms with van der Waals surface area (Å²) in [5.41, 5.74) is 0.170. The zero-order valence-corrected chi connectivity index (χ0v) is 10.6. The second-order valence-corrected chi connectivity index (χ2v) is 4.14. The molecule has 3 nitrogen and oxygen atoms in total. The van der Waals surface area contributed by atoms with Crippen LogP contribution in [0.4, 0.5) is 8.78 Å². The van der Waals surface area contributed by atoms with Gasteiger partial charge in [-0.15, -0.1) is 0 Å². The van der Waals surface area contributed by atoms with Crippen molar-refractivity contribution in [2.45, 2.75) is 6.10 Å². The maximum atomic E-state index is 13.8. The van der Waals surface area contributed by atoms with Crippen LogP contribution in [0.1, 0.15) is 11.7 Å². The van der Waals surface area contributed by atoms with Gasteiger partial charge in [0.1, 0.15) is 11.6 Å². The zero-order valence-electron chi connectivity index (χ0n) is 10.6. The number of halogens is 2. The molecule has 0 radical (unpaired) electrons. The molecule has 2 aromatic carbocycles. The van der Waals surface area contributed by atoms with Gasteiger partial charge in [0, 0.05) is 11.1 Å². The monoisotopic (exact) mass is 278 g/mol. The van der Waals surface area contributed by atoms with Gasteiger partial charge >= 0.3 is 5.97 Å². The van der Waals surface area contributed by atoms with E-state index in [1.165, 1.54) is 30.3 Å². The molecule has 0 saturated carbocycles. The van der Waals surface area contributed by atoms with Crippen molar-refractivity contribution in [3.63, 3.8) is 0 Å². The molecule has 0 aromatic heterocycles. The van der Waals surface area contributed by atoms with Crippen LogP contribution in [0.2, 0.25) is 0 Å². The fourth-order valence-electron chi connectivity index (χ4n) is 1.85. The van der Waals surface area contributed by atoms with Crippen LogP contribution in [0, 0.1) is 11.6 Å². The summed E-state index contributed by atoms with van der Waals surface area (Å²) in [4.78, 5) is 11.3. The molecular formula is C15H12F2O3. The van der Waals surface area contributed by atoms with E-state index in [1.807, 2.05) is 0 Å². The van der Waals surface area contributed by atoms with Crippen LogP contribution in [0.25, 0.3) is 11.1 Å².